The largest absolute Gasteiger partial charge is 0.341 e. The number of hydrogen-bond acceptors (Lipinski definition) is 1. The van der Waals surface area contributed by atoms with Gasteiger partial charge in [0, 0.05) is 13.1 Å². The number of halogens is 1. The van der Waals surface area contributed by atoms with E-state index in [-0.39, 0.29) is 11.8 Å². The summed E-state index contributed by atoms with van der Waals surface area (Å²) in [6.07, 6.45) is 1.13. The number of hydrogen-bond donors (Lipinski definition) is 0. The number of alkyl halides is 1. The first-order valence-electron chi connectivity index (χ1n) is 3.57. The Morgan fingerprint density at radius 3 is 2.90 bits per heavy atom. The third kappa shape index (κ3) is 1.63. The molecular formula is C7H12ClNO. The maximum absolute atomic E-state index is 11.0. The van der Waals surface area contributed by atoms with E-state index in [0.29, 0.717) is 5.92 Å². The zero-order valence-corrected chi connectivity index (χ0v) is 6.90. The van der Waals surface area contributed by atoms with E-state index >= 15 is 0 Å². The van der Waals surface area contributed by atoms with Crippen molar-refractivity contribution in [2.75, 3.05) is 19.0 Å². The van der Waals surface area contributed by atoms with Gasteiger partial charge in [-0.05, 0) is 12.3 Å². The fourth-order valence-electron chi connectivity index (χ4n) is 1.25. The second-order valence-corrected chi connectivity index (χ2v) is 3.13. The Balaban J connectivity index is 2.37. The van der Waals surface area contributed by atoms with E-state index in [1.165, 1.54) is 0 Å². The van der Waals surface area contributed by atoms with Gasteiger partial charge >= 0.3 is 0 Å². The van der Waals surface area contributed by atoms with Crippen LogP contribution >= 0.6 is 11.6 Å². The highest BCUT2D eigenvalue weighted by molar-refractivity contribution is 6.27. The monoisotopic (exact) mass is 161 g/mol. The minimum Gasteiger partial charge on any atom is -0.341 e. The van der Waals surface area contributed by atoms with Gasteiger partial charge in [0.2, 0.25) is 5.91 Å². The topological polar surface area (TPSA) is 20.3 Å². The Labute approximate surface area is 66.1 Å². The Bertz CT molecular complexity index is 138. The quantitative estimate of drug-likeness (QED) is 0.528. The number of carbonyl (C=O) groups excluding carboxylic acids is 1. The number of carbonyl (C=O) groups is 1. The average Bonchev–Trinajstić information content (AvgIpc) is 2.34. The summed E-state index contributed by atoms with van der Waals surface area (Å²) in [7, 11) is 0. The molecule has 1 fully saturated rings. The molecule has 0 saturated carbocycles. The molecule has 0 aromatic heterocycles. The SMILES string of the molecule is CC1CCN(C(=O)CCl)C1. The maximum atomic E-state index is 11.0. The van der Waals surface area contributed by atoms with Gasteiger partial charge in [-0.1, -0.05) is 6.92 Å². The highest BCUT2D eigenvalue weighted by Crippen LogP contribution is 2.14. The highest BCUT2D eigenvalue weighted by atomic mass is 35.5. The van der Waals surface area contributed by atoms with Crippen LogP contribution in [0.4, 0.5) is 0 Å². The van der Waals surface area contributed by atoms with Gasteiger partial charge in [0.25, 0.3) is 0 Å². The molecule has 1 unspecified atom stereocenters. The van der Waals surface area contributed by atoms with Gasteiger partial charge < -0.3 is 4.90 Å². The van der Waals surface area contributed by atoms with Crippen LogP contribution in [0, 0.1) is 5.92 Å². The summed E-state index contributed by atoms with van der Waals surface area (Å²) >= 11 is 5.39. The fourth-order valence-corrected chi connectivity index (χ4v) is 1.42. The molecule has 1 amide bonds. The zero-order valence-electron chi connectivity index (χ0n) is 6.14. The van der Waals surface area contributed by atoms with Gasteiger partial charge in [-0.15, -0.1) is 11.6 Å². The van der Waals surface area contributed by atoms with Crippen molar-refractivity contribution in [2.45, 2.75) is 13.3 Å². The zero-order chi connectivity index (χ0) is 7.56. The Kier molecular flexibility index (Phi) is 2.55. The van der Waals surface area contributed by atoms with Crippen molar-refractivity contribution in [3.8, 4) is 0 Å². The van der Waals surface area contributed by atoms with Crippen molar-refractivity contribution in [1.82, 2.24) is 4.90 Å². The lowest BCUT2D eigenvalue weighted by molar-refractivity contribution is -0.127. The normalized spacial score (nSPS) is 25.4. The van der Waals surface area contributed by atoms with Crippen LogP contribution in [0.25, 0.3) is 0 Å². The van der Waals surface area contributed by atoms with Crippen LogP contribution in [0.3, 0.4) is 0 Å². The van der Waals surface area contributed by atoms with E-state index in [9.17, 15) is 4.79 Å². The van der Waals surface area contributed by atoms with E-state index in [2.05, 4.69) is 6.92 Å². The van der Waals surface area contributed by atoms with Crippen molar-refractivity contribution in [3.05, 3.63) is 0 Å². The highest BCUT2D eigenvalue weighted by Gasteiger charge is 2.21. The number of rotatable bonds is 1. The lowest BCUT2D eigenvalue weighted by atomic mass is 10.2. The molecule has 10 heavy (non-hydrogen) atoms. The van der Waals surface area contributed by atoms with E-state index in [4.69, 9.17) is 11.6 Å². The number of likely N-dealkylation sites (tertiary alicyclic amines) is 1. The minimum absolute atomic E-state index is 0.0750. The lowest BCUT2D eigenvalue weighted by Gasteiger charge is -2.12. The molecule has 1 rings (SSSR count). The molecule has 1 saturated heterocycles. The number of amides is 1. The first kappa shape index (κ1) is 7.86. The Morgan fingerprint density at radius 2 is 2.50 bits per heavy atom. The second-order valence-electron chi connectivity index (χ2n) is 2.87. The first-order valence-corrected chi connectivity index (χ1v) is 4.11. The van der Waals surface area contributed by atoms with Crippen molar-refractivity contribution >= 4 is 17.5 Å². The molecule has 0 N–H and O–H groups in total. The summed E-state index contributed by atoms with van der Waals surface area (Å²) < 4.78 is 0. The molecule has 58 valence electrons. The van der Waals surface area contributed by atoms with E-state index < -0.39 is 0 Å². The molecule has 3 heteroatoms. The van der Waals surface area contributed by atoms with Crippen molar-refractivity contribution < 1.29 is 4.79 Å². The fraction of sp³-hybridized carbons (Fsp3) is 0.857. The third-order valence-electron chi connectivity index (χ3n) is 1.89. The van der Waals surface area contributed by atoms with Crippen molar-refractivity contribution in [2.24, 2.45) is 5.92 Å². The van der Waals surface area contributed by atoms with Gasteiger partial charge in [-0.3, -0.25) is 4.79 Å². The molecule has 1 atom stereocenters. The van der Waals surface area contributed by atoms with Crippen LogP contribution in [0.15, 0.2) is 0 Å². The lowest BCUT2D eigenvalue weighted by Crippen LogP contribution is -2.29. The standard InChI is InChI=1S/C7H12ClNO/c1-6-2-3-9(5-6)7(10)4-8/h6H,2-5H2,1H3. The molecule has 1 aliphatic rings. The van der Waals surface area contributed by atoms with Crippen LogP contribution in [0.2, 0.25) is 0 Å². The van der Waals surface area contributed by atoms with Crippen LogP contribution in [-0.4, -0.2) is 29.8 Å². The van der Waals surface area contributed by atoms with Gasteiger partial charge in [0.15, 0.2) is 0 Å². The number of nitrogens with zero attached hydrogens (tertiary/aromatic N) is 1. The minimum atomic E-state index is 0.0750. The Morgan fingerprint density at radius 1 is 1.80 bits per heavy atom. The molecule has 0 radical (unpaired) electrons. The summed E-state index contributed by atoms with van der Waals surface area (Å²) in [6, 6.07) is 0. The van der Waals surface area contributed by atoms with E-state index in [1.807, 2.05) is 4.90 Å². The summed E-state index contributed by atoms with van der Waals surface area (Å²) in [5.74, 6) is 0.866. The predicted octanol–water partition coefficient (Wildman–Crippen LogP) is 1.09. The van der Waals surface area contributed by atoms with E-state index in [0.717, 1.165) is 19.5 Å². The molecule has 0 spiro atoms. The van der Waals surface area contributed by atoms with E-state index in [1.54, 1.807) is 0 Å². The average molecular weight is 162 g/mol. The van der Waals surface area contributed by atoms with Gasteiger partial charge in [0.05, 0.1) is 0 Å². The first-order chi connectivity index (χ1) is 4.74. The van der Waals surface area contributed by atoms with Crippen LogP contribution in [0.1, 0.15) is 13.3 Å². The summed E-state index contributed by atoms with van der Waals surface area (Å²) in [4.78, 5) is 12.8. The van der Waals surface area contributed by atoms with Gasteiger partial charge in [-0.25, -0.2) is 0 Å². The summed E-state index contributed by atoms with van der Waals surface area (Å²) in [5, 5.41) is 0. The smallest absolute Gasteiger partial charge is 0.237 e. The molecular weight excluding hydrogens is 150 g/mol. The summed E-state index contributed by atoms with van der Waals surface area (Å²) in [5.41, 5.74) is 0. The molecule has 0 bridgehead atoms. The molecule has 0 aliphatic carbocycles. The van der Waals surface area contributed by atoms with Gasteiger partial charge in [-0.2, -0.15) is 0 Å². The molecule has 0 aromatic rings. The van der Waals surface area contributed by atoms with Crippen LogP contribution in [0.5, 0.6) is 0 Å². The van der Waals surface area contributed by atoms with Crippen LogP contribution < -0.4 is 0 Å². The van der Waals surface area contributed by atoms with Crippen molar-refractivity contribution in [3.63, 3.8) is 0 Å². The molecule has 1 heterocycles. The summed E-state index contributed by atoms with van der Waals surface area (Å²) in [6.45, 7) is 3.94. The maximum Gasteiger partial charge on any atom is 0.237 e. The molecule has 2 nitrogen and oxygen atoms in total. The van der Waals surface area contributed by atoms with Gasteiger partial charge in [0.1, 0.15) is 5.88 Å². The van der Waals surface area contributed by atoms with Crippen LogP contribution in [-0.2, 0) is 4.79 Å². The second kappa shape index (κ2) is 3.24. The molecule has 0 aromatic carbocycles. The third-order valence-corrected chi connectivity index (χ3v) is 2.12. The predicted molar refractivity (Wildman–Crippen MR) is 41.1 cm³/mol. The van der Waals surface area contributed by atoms with Crippen molar-refractivity contribution in [1.29, 1.82) is 0 Å². The molecule has 1 aliphatic heterocycles. The Hall–Kier alpha value is -0.240.